The third-order valence-corrected chi connectivity index (χ3v) is 1.38. The molecule has 0 saturated heterocycles. The van der Waals surface area contributed by atoms with E-state index in [1.807, 2.05) is 24.5 Å². The molecule has 12 heavy (non-hydrogen) atoms. The van der Waals surface area contributed by atoms with Crippen molar-refractivity contribution in [1.82, 2.24) is 9.88 Å². The molecule has 0 aliphatic heterocycles. The maximum atomic E-state index is 11.0. The molecular formula is C9H10N2O. The molecule has 1 heterocycles. The maximum absolute atomic E-state index is 11.0. The van der Waals surface area contributed by atoms with Gasteiger partial charge in [0.1, 0.15) is 6.54 Å². The number of rotatable bonds is 3. The third-order valence-electron chi connectivity index (χ3n) is 1.38. The van der Waals surface area contributed by atoms with Crippen LogP contribution in [0.25, 0.3) is 0 Å². The third kappa shape index (κ3) is 2.51. The summed E-state index contributed by atoms with van der Waals surface area (Å²) in [5.74, 6) is 2.27. The summed E-state index contributed by atoms with van der Waals surface area (Å²) in [5, 5.41) is 2.57. The topological polar surface area (TPSA) is 34.0 Å². The van der Waals surface area contributed by atoms with E-state index in [0.717, 1.165) is 0 Å². The lowest BCUT2D eigenvalue weighted by molar-refractivity contribution is -0.121. The van der Waals surface area contributed by atoms with E-state index in [9.17, 15) is 4.79 Å². The lowest BCUT2D eigenvalue weighted by Crippen LogP contribution is -2.27. The van der Waals surface area contributed by atoms with Crippen molar-refractivity contribution < 1.29 is 4.79 Å². The molecule has 1 rings (SSSR count). The van der Waals surface area contributed by atoms with Crippen molar-refractivity contribution in [2.75, 3.05) is 6.54 Å². The van der Waals surface area contributed by atoms with Gasteiger partial charge < -0.3 is 9.88 Å². The lowest BCUT2D eigenvalue weighted by atomic mass is 10.5. The summed E-state index contributed by atoms with van der Waals surface area (Å²) < 4.78 is 1.78. The molecule has 1 amide bonds. The molecule has 62 valence electrons. The summed E-state index contributed by atoms with van der Waals surface area (Å²) in [5.41, 5.74) is 0. The second-order valence-corrected chi connectivity index (χ2v) is 2.34. The predicted octanol–water partition coefficient (Wildman–Crippen LogP) is 0.237. The number of nitrogens with one attached hydrogen (secondary N) is 1. The first-order valence-electron chi connectivity index (χ1n) is 3.64. The minimum atomic E-state index is -0.0656. The van der Waals surface area contributed by atoms with Gasteiger partial charge in [-0.3, -0.25) is 4.79 Å². The van der Waals surface area contributed by atoms with Gasteiger partial charge in [-0.25, -0.2) is 0 Å². The number of amides is 1. The second kappa shape index (κ2) is 4.24. The van der Waals surface area contributed by atoms with Gasteiger partial charge in [0.2, 0.25) is 5.91 Å². The van der Waals surface area contributed by atoms with E-state index < -0.39 is 0 Å². The Balaban J connectivity index is 2.33. The Morgan fingerprint density at radius 1 is 1.50 bits per heavy atom. The van der Waals surface area contributed by atoms with E-state index in [4.69, 9.17) is 6.42 Å². The molecule has 1 aromatic heterocycles. The summed E-state index contributed by atoms with van der Waals surface area (Å²) >= 11 is 0. The standard InChI is InChI=1S/C9H10N2O/c1-2-5-10-9(12)8-11-6-3-4-7-11/h1,3-4,6-7H,5,8H2,(H,10,12). The SMILES string of the molecule is C#CCNC(=O)Cn1cccc1. The Labute approximate surface area is 71.4 Å². The maximum Gasteiger partial charge on any atom is 0.240 e. The zero-order valence-electron chi connectivity index (χ0n) is 6.66. The van der Waals surface area contributed by atoms with Crippen LogP contribution in [0.3, 0.4) is 0 Å². The van der Waals surface area contributed by atoms with Crippen molar-refractivity contribution in [2.45, 2.75) is 6.54 Å². The fraction of sp³-hybridized carbons (Fsp3) is 0.222. The largest absolute Gasteiger partial charge is 0.345 e. The summed E-state index contributed by atoms with van der Waals surface area (Å²) in [6, 6.07) is 3.74. The first-order chi connectivity index (χ1) is 5.83. The van der Waals surface area contributed by atoms with E-state index in [1.165, 1.54) is 0 Å². The van der Waals surface area contributed by atoms with Crippen LogP contribution in [-0.2, 0) is 11.3 Å². The van der Waals surface area contributed by atoms with E-state index in [1.54, 1.807) is 4.57 Å². The minimum Gasteiger partial charge on any atom is -0.345 e. The molecular weight excluding hydrogens is 152 g/mol. The molecule has 0 unspecified atom stereocenters. The van der Waals surface area contributed by atoms with Gasteiger partial charge in [0.05, 0.1) is 6.54 Å². The van der Waals surface area contributed by atoms with Gasteiger partial charge in [-0.1, -0.05) is 5.92 Å². The Morgan fingerprint density at radius 3 is 2.75 bits per heavy atom. The molecule has 3 nitrogen and oxygen atoms in total. The van der Waals surface area contributed by atoms with E-state index >= 15 is 0 Å². The van der Waals surface area contributed by atoms with E-state index in [2.05, 4.69) is 11.2 Å². The zero-order valence-corrected chi connectivity index (χ0v) is 6.66. The minimum absolute atomic E-state index is 0.0656. The Morgan fingerprint density at radius 2 is 2.17 bits per heavy atom. The number of carbonyl (C=O) groups excluding carboxylic acids is 1. The van der Waals surface area contributed by atoms with Crippen LogP contribution in [0, 0.1) is 12.3 Å². The smallest absolute Gasteiger partial charge is 0.240 e. The van der Waals surface area contributed by atoms with Crippen molar-refractivity contribution in [3.8, 4) is 12.3 Å². The van der Waals surface area contributed by atoms with Crippen molar-refractivity contribution in [3.63, 3.8) is 0 Å². The van der Waals surface area contributed by atoms with Crippen LogP contribution in [0.1, 0.15) is 0 Å². The molecule has 0 saturated carbocycles. The summed E-state index contributed by atoms with van der Waals surface area (Å²) in [6.07, 6.45) is 8.64. The Kier molecular flexibility index (Phi) is 2.97. The molecule has 0 fully saturated rings. The van der Waals surface area contributed by atoms with Gasteiger partial charge in [0.25, 0.3) is 0 Å². The molecule has 0 spiro atoms. The van der Waals surface area contributed by atoms with Crippen LogP contribution in [0.15, 0.2) is 24.5 Å². The Hall–Kier alpha value is -1.69. The van der Waals surface area contributed by atoms with Gasteiger partial charge in [-0.15, -0.1) is 6.42 Å². The second-order valence-electron chi connectivity index (χ2n) is 2.34. The zero-order chi connectivity index (χ0) is 8.81. The average molecular weight is 162 g/mol. The highest BCUT2D eigenvalue weighted by Gasteiger charge is 1.98. The number of hydrogen-bond acceptors (Lipinski definition) is 1. The average Bonchev–Trinajstić information content (AvgIpc) is 2.53. The van der Waals surface area contributed by atoms with Gasteiger partial charge in [-0.05, 0) is 12.1 Å². The molecule has 0 aromatic carbocycles. The fourth-order valence-corrected chi connectivity index (χ4v) is 0.847. The first-order valence-corrected chi connectivity index (χ1v) is 3.64. The van der Waals surface area contributed by atoms with E-state index in [-0.39, 0.29) is 5.91 Å². The normalized spacial score (nSPS) is 8.92. The van der Waals surface area contributed by atoms with Gasteiger partial charge in [0.15, 0.2) is 0 Å². The van der Waals surface area contributed by atoms with Gasteiger partial charge >= 0.3 is 0 Å². The lowest BCUT2D eigenvalue weighted by Gasteiger charge is -2.01. The molecule has 1 aromatic rings. The van der Waals surface area contributed by atoms with Crippen LogP contribution in [-0.4, -0.2) is 17.0 Å². The molecule has 0 radical (unpaired) electrons. The highest BCUT2D eigenvalue weighted by atomic mass is 16.1. The number of aromatic nitrogens is 1. The molecule has 0 atom stereocenters. The summed E-state index contributed by atoms with van der Waals surface area (Å²) in [7, 11) is 0. The van der Waals surface area contributed by atoms with Gasteiger partial charge in [-0.2, -0.15) is 0 Å². The van der Waals surface area contributed by atoms with Crippen LogP contribution in [0.2, 0.25) is 0 Å². The number of nitrogens with zero attached hydrogens (tertiary/aromatic N) is 1. The fourth-order valence-electron chi connectivity index (χ4n) is 0.847. The first kappa shape index (κ1) is 8.41. The van der Waals surface area contributed by atoms with Crippen LogP contribution in [0.5, 0.6) is 0 Å². The van der Waals surface area contributed by atoms with Crippen LogP contribution >= 0.6 is 0 Å². The molecule has 0 aliphatic carbocycles. The van der Waals surface area contributed by atoms with Crippen molar-refractivity contribution in [1.29, 1.82) is 0 Å². The quantitative estimate of drug-likeness (QED) is 0.634. The summed E-state index contributed by atoms with van der Waals surface area (Å²) in [6.45, 7) is 0.620. The van der Waals surface area contributed by atoms with Gasteiger partial charge in [0, 0.05) is 12.4 Å². The number of carbonyl (C=O) groups is 1. The number of hydrogen-bond donors (Lipinski definition) is 1. The molecule has 1 N–H and O–H groups in total. The highest BCUT2D eigenvalue weighted by Crippen LogP contribution is 1.88. The Bertz CT molecular complexity index is 282. The van der Waals surface area contributed by atoms with Crippen molar-refractivity contribution >= 4 is 5.91 Å². The predicted molar refractivity (Wildman–Crippen MR) is 46.3 cm³/mol. The molecule has 3 heteroatoms. The van der Waals surface area contributed by atoms with Crippen LogP contribution < -0.4 is 5.32 Å². The highest BCUT2D eigenvalue weighted by molar-refractivity contribution is 5.75. The van der Waals surface area contributed by atoms with Crippen molar-refractivity contribution in [2.24, 2.45) is 0 Å². The van der Waals surface area contributed by atoms with E-state index in [0.29, 0.717) is 13.1 Å². The molecule has 0 bridgehead atoms. The van der Waals surface area contributed by atoms with Crippen molar-refractivity contribution in [3.05, 3.63) is 24.5 Å². The molecule has 0 aliphatic rings. The van der Waals surface area contributed by atoms with Crippen LogP contribution in [0.4, 0.5) is 0 Å². The summed E-state index contributed by atoms with van der Waals surface area (Å²) in [4.78, 5) is 11.0. The monoisotopic (exact) mass is 162 g/mol. The number of terminal acetylenes is 1.